The van der Waals surface area contributed by atoms with Crippen LogP contribution in [0.5, 0.6) is 0 Å². The Labute approximate surface area is 183 Å². The highest BCUT2D eigenvalue weighted by atomic mass is 19.4. The van der Waals surface area contributed by atoms with Crippen LogP contribution in [0.4, 0.5) is 18.9 Å². The molecule has 2 atom stereocenters. The van der Waals surface area contributed by atoms with Gasteiger partial charge in [0.05, 0.1) is 17.4 Å². The summed E-state index contributed by atoms with van der Waals surface area (Å²) in [6.07, 6.45) is -4.22. The van der Waals surface area contributed by atoms with Crippen LogP contribution in [0.1, 0.15) is 24.0 Å². The summed E-state index contributed by atoms with van der Waals surface area (Å²) in [6, 6.07) is 14.5. The number of anilines is 1. The molecule has 1 fully saturated rings. The van der Waals surface area contributed by atoms with E-state index in [9.17, 15) is 22.8 Å². The summed E-state index contributed by atoms with van der Waals surface area (Å²) in [5, 5.41) is 2.48. The highest BCUT2D eigenvalue weighted by Crippen LogP contribution is 2.38. The second-order valence-corrected chi connectivity index (χ2v) is 8.05. The fourth-order valence-corrected chi connectivity index (χ4v) is 3.78. The highest BCUT2D eigenvalue weighted by molar-refractivity contribution is 6.14. The second-order valence-electron chi connectivity index (χ2n) is 8.05. The van der Waals surface area contributed by atoms with Crippen molar-refractivity contribution < 1.29 is 22.8 Å². The van der Waals surface area contributed by atoms with E-state index in [1.807, 2.05) is 30.3 Å². The minimum Gasteiger partial charge on any atom is -0.325 e. The molecule has 6 nitrogen and oxygen atoms in total. The summed E-state index contributed by atoms with van der Waals surface area (Å²) in [5.41, 5.74) is 8.01. The average Bonchev–Trinajstić information content (AvgIpc) is 3.60. The van der Waals surface area contributed by atoms with Crippen molar-refractivity contribution in [1.82, 2.24) is 5.32 Å². The summed E-state index contributed by atoms with van der Waals surface area (Å²) in [6.45, 7) is -1.47. The van der Waals surface area contributed by atoms with Crippen molar-refractivity contribution in [1.29, 1.82) is 0 Å². The first-order chi connectivity index (χ1) is 15.2. The van der Waals surface area contributed by atoms with Crippen molar-refractivity contribution in [3.63, 3.8) is 0 Å². The lowest BCUT2D eigenvalue weighted by Crippen LogP contribution is -2.53. The Hall–Kier alpha value is -3.20. The predicted molar refractivity (Wildman–Crippen MR) is 114 cm³/mol. The normalized spacial score (nSPS) is 19.6. The van der Waals surface area contributed by atoms with Crippen LogP contribution in [0, 0.1) is 5.92 Å². The third-order valence-corrected chi connectivity index (χ3v) is 5.45. The van der Waals surface area contributed by atoms with Crippen molar-refractivity contribution >= 4 is 23.2 Å². The molecular formula is C23H23F3N4O2. The van der Waals surface area contributed by atoms with E-state index in [1.54, 1.807) is 18.2 Å². The van der Waals surface area contributed by atoms with E-state index in [-0.39, 0.29) is 18.0 Å². The molecule has 0 spiro atoms. The number of rotatable bonds is 6. The Morgan fingerprint density at radius 1 is 1.12 bits per heavy atom. The molecule has 2 aromatic carbocycles. The SMILES string of the molecule is NC(Cc1ccccc1)C(=O)NC1N=C(C2CC2)c2ccccc2N(CC(F)(F)F)C1=O. The van der Waals surface area contributed by atoms with Gasteiger partial charge in [0, 0.05) is 11.5 Å². The molecule has 0 radical (unpaired) electrons. The number of nitrogens with two attached hydrogens (primary N) is 1. The molecular weight excluding hydrogens is 421 g/mol. The topological polar surface area (TPSA) is 87.8 Å². The number of alkyl halides is 3. The molecule has 4 rings (SSSR count). The van der Waals surface area contributed by atoms with Crippen molar-refractivity contribution in [3.05, 3.63) is 65.7 Å². The zero-order valence-corrected chi connectivity index (χ0v) is 17.2. The van der Waals surface area contributed by atoms with Gasteiger partial charge in [-0.15, -0.1) is 0 Å². The smallest absolute Gasteiger partial charge is 0.325 e. The van der Waals surface area contributed by atoms with Crippen LogP contribution in [-0.2, 0) is 16.0 Å². The molecule has 168 valence electrons. The Morgan fingerprint density at radius 2 is 1.78 bits per heavy atom. The number of nitrogens with zero attached hydrogens (tertiary/aromatic N) is 2. The van der Waals surface area contributed by atoms with Crippen LogP contribution in [-0.4, -0.2) is 42.5 Å². The van der Waals surface area contributed by atoms with Crippen LogP contribution in [0.15, 0.2) is 59.6 Å². The molecule has 2 unspecified atom stereocenters. The van der Waals surface area contributed by atoms with Gasteiger partial charge in [-0.05, 0) is 30.9 Å². The number of nitrogens with one attached hydrogen (secondary N) is 1. The van der Waals surface area contributed by atoms with Crippen molar-refractivity contribution in [2.75, 3.05) is 11.4 Å². The number of halogens is 3. The van der Waals surface area contributed by atoms with E-state index in [2.05, 4.69) is 10.3 Å². The predicted octanol–water partition coefficient (Wildman–Crippen LogP) is 2.81. The van der Waals surface area contributed by atoms with Crippen LogP contribution >= 0.6 is 0 Å². The Balaban J connectivity index is 1.63. The van der Waals surface area contributed by atoms with Crippen LogP contribution in [0.25, 0.3) is 0 Å². The molecule has 9 heteroatoms. The van der Waals surface area contributed by atoms with E-state index >= 15 is 0 Å². The number of fused-ring (bicyclic) bond motifs is 1. The number of hydrogen-bond donors (Lipinski definition) is 2. The molecule has 2 amide bonds. The average molecular weight is 444 g/mol. The molecule has 0 aromatic heterocycles. The minimum absolute atomic E-state index is 0.0483. The van der Waals surface area contributed by atoms with E-state index in [0.717, 1.165) is 18.4 Å². The summed E-state index contributed by atoms with van der Waals surface area (Å²) in [7, 11) is 0. The van der Waals surface area contributed by atoms with Gasteiger partial charge in [-0.1, -0.05) is 48.5 Å². The van der Waals surface area contributed by atoms with Gasteiger partial charge in [-0.25, -0.2) is 0 Å². The van der Waals surface area contributed by atoms with Crippen molar-refractivity contribution in [3.8, 4) is 0 Å². The number of carbonyl (C=O) groups excluding carboxylic acids is 2. The van der Waals surface area contributed by atoms with Gasteiger partial charge in [0.1, 0.15) is 6.54 Å². The maximum absolute atomic E-state index is 13.3. The quantitative estimate of drug-likeness (QED) is 0.718. The number of hydrogen-bond acceptors (Lipinski definition) is 4. The molecule has 3 N–H and O–H groups in total. The largest absolute Gasteiger partial charge is 0.406 e. The van der Waals surface area contributed by atoms with Gasteiger partial charge in [0.15, 0.2) is 0 Å². The van der Waals surface area contributed by atoms with Crippen molar-refractivity contribution in [2.24, 2.45) is 16.6 Å². The lowest BCUT2D eigenvalue weighted by atomic mass is 10.0. The summed E-state index contributed by atoms with van der Waals surface area (Å²) in [5.74, 6) is -1.54. The van der Waals surface area contributed by atoms with Gasteiger partial charge in [0.2, 0.25) is 12.1 Å². The molecule has 0 saturated heterocycles. The van der Waals surface area contributed by atoms with Crippen LogP contribution in [0.3, 0.4) is 0 Å². The molecule has 2 aliphatic rings. The third-order valence-electron chi connectivity index (χ3n) is 5.45. The first kappa shape index (κ1) is 22.0. The van der Waals surface area contributed by atoms with Crippen LogP contribution < -0.4 is 16.0 Å². The number of benzodiazepines with no additional fused rings is 1. The Morgan fingerprint density at radius 3 is 2.44 bits per heavy atom. The maximum atomic E-state index is 13.3. The molecule has 1 saturated carbocycles. The molecule has 2 aromatic rings. The summed E-state index contributed by atoms with van der Waals surface area (Å²) >= 11 is 0. The van der Waals surface area contributed by atoms with Gasteiger partial charge in [-0.3, -0.25) is 19.5 Å². The molecule has 1 aliphatic heterocycles. The zero-order valence-electron chi connectivity index (χ0n) is 17.2. The first-order valence-corrected chi connectivity index (χ1v) is 10.4. The van der Waals surface area contributed by atoms with E-state index in [0.29, 0.717) is 16.2 Å². The Kier molecular flexibility index (Phi) is 6.01. The van der Waals surface area contributed by atoms with Gasteiger partial charge < -0.3 is 11.1 Å². The molecule has 1 heterocycles. The van der Waals surface area contributed by atoms with E-state index in [4.69, 9.17) is 5.73 Å². The fraction of sp³-hybridized carbons (Fsp3) is 0.348. The van der Waals surface area contributed by atoms with Gasteiger partial charge >= 0.3 is 6.18 Å². The highest BCUT2D eigenvalue weighted by Gasteiger charge is 2.42. The van der Waals surface area contributed by atoms with E-state index < -0.39 is 36.7 Å². The second kappa shape index (κ2) is 8.74. The number of aliphatic imine (C=N–C) groups is 1. The minimum atomic E-state index is -4.62. The first-order valence-electron chi connectivity index (χ1n) is 10.4. The van der Waals surface area contributed by atoms with Gasteiger partial charge in [0.25, 0.3) is 5.91 Å². The lowest BCUT2D eigenvalue weighted by Gasteiger charge is -2.26. The summed E-state index contributed by atoms with van der Waals surface area (Å²) < 4.78 is 40.0. The monoisotopic (exact) mass is 444 g/mol. The molecule has 0 bridgehead atoms. The number of amides is 2. The zero-order chi connectivity index (χ0) is 22.9. The number of benzene rings is 2. The molecule has 1 aliphatic carbocycles. The van der Waals surface area contributed by atoms with Crippen LogP contribution in [0.2, 0.25) is 0 Å². The third kappa shape index (κ3) is 4.99. The number of carbonyl (C=O) groups is 2. The standard InChI is InChI=1S/C23H23F3N4O2/c24-23(25,26)13-30-18-9-5-4-8-16(18)19(15-10-11-15)28-20(22(30)32)29-21(31)17(27)12-14-6-2-1-3-7-14/h1-9,15,17,20H,10-13,27H2,(H,29,31). The summed E-state index contributed by atoms with van der Waals surface area (Å²) in [4.78, 5) is 31.0. The van der Waals surface area contributed by atoms with Crippen molar-refractivity contribution in [2.45, 2.75) is 37.6 Å². The molecule has 32 heavy (non-hydrogen) atoms. The van der Waals surface area contributed by atoms with E-state index in [1.165, 1.54) is 6.07 Å². The fourth-order valence-electron chi connectivity index (χ4n) is 3.78. The maximum Gasteiger partial charge on any atom is 0.406 e. The lowest BCUT2D eigenvalue weighted by molar-refractivity contribution is -0.135. The Bertz CT molecular complexity index is 1040. The van der Waals surface area contributed by atoms with Gasteiger partial charge in [-0.2, -0.15) is 13.2 Å². The number of para-hydroxylation sites is 1.